The molecule has 5 atom stereocenters. The summed E-state index contributed by atoms with van der Waals surface area (Å²) >= 11 is 0. The van der Waals surface area contributed by atoms with Crippen LogP contribution in [0.5, 0.6) is 0 Å². The summed E-state index contributed by atoms with van der Waals surface area (Å²) in [6.07, 6.45) is -0.627. The number of nitrogens with zero attached hydrogens (tertiary/aromatic N) is 1. The number of hydrogen-bond donors (Lipinski definition) is 0. The van der Waals surface area contributed by atoms with Gasteiger partial charge in [-0.15, -0.1) is 0 Å². The molecule has 0 radical (unpaired) electrons. The lowest BCUT2D eigenvalue weighted by atomic mass is 10.1. The van der Waals surface area contributed by atoms with Crippen LogP contribution in [0.3, 0.4) is 0 Å². The molecular formula is C16H27NO6. The molecule has 3 aliphatic rings. The molecule has 23 heavy (non-hydrogen) atoms. The van der Waals surface area contributed by atoms with E-state index in [-0.39, 0.29) is 18.1 Å². The van der Waals surface area contributed by atoms with E-state index in [1.54, 1.807) is 6.21 Å². The first kappa shape index (κ1) is 17.1. The molecule has 0 aromatic heterocycles. The van der Waals surface area contributed by atoms with Crippen molar-refractivity contribution < 1.29 is 28.4 Å². The van der Waals surface area contributed by atoms with Crippen LogP contribution in [0, 0.1) is 11.1 Å². The fourth-order valence-corrected chi connectivity index (χ4v) is 3.37. The highest BCUT2D eigenvalue weighted by Gasteiger charge is 2.62. The lowest BCUT2D eigenvalue weighted by Crippen LogP contribution is -2.40. The molecule has 3 rings (SSSR count). The molecule has 3 saturated heterocycles. The lowest BCUT2D eigenvalue weighted by Gasteiger charge is -2.26. The van der Waals surface area contributed by atoms with E-state index in [1.807, 2.05) is 41.5 Å². The van der Waals surface area contributed by atoms with E-state index >= 15 is 0 Å². The number of hydroxylamine groups is 1. The molecule has 3 aliphatic heterocycles. The Morgan fingerprint density at radius 2 is 1.65 bits per heavy atom. The number of ether oxygens (including phenoxy) is 5. The predicted molar refractivity (Wildman–Crippen MR) is 81.9 cm³/mol. The van der Waals surface area contributed by atoms with Gasteiger partial charge in [-0.1, -0.05) is 13.8 Å². The molecule has 3 fully saturated rings. The van der Waals surface area contributed by atoms with Gasteiger partial charge in [-0.2, -0.15) is 4.74 Å². The van der Waals surface area contributed by atoms with Crippen LogP contribution in [0.4, 0.5) is 0 Å². The third-order valence-corrected chi connectivity index (χ3v) is 4.16. The Morgan fingerprint density at radius 3 is 2.22 bits per heavy atom. The van der Waals surface area contributed by atoms with Gasteiger partial charge in [0.2, 0.25) is 0 Å². The van der Waals surface area contributed by atoms with Crippen molar-refractivity contribution >= 4 is 6.21 Å². The van der Waals surface area contributed by atoms with Crippen molar-refractivity contribution in [1.29, 1.82) is 0 Å². The Kier molecular flexibility index (Phi) is 4.21. The molecule has 0 N–H and O–H groups in total. The molecule has 7 heteroatoms. The predicted octanol–water partition coefficient (Wildman–Crippen LogP) is 1.62. The summed E-state index contributed by atoms with van der Waals surface area (Å²) in [5, 5.41) is 12.4. The van der Waals surface area contributed by atoms with Gasteiger partial charge in [0.25, 0.3) is 6.23 Å². The Hall–Kier alpha value is -0.730. The summed E-state index contributed by atoms with van der Waals surface area (Å²) in [6, 6.07) is 0. The molecule has 0 saturated carbocycles. The van der Waals surface area contributed by atoms with Gasteiger partial charge < -0.3 is 28.9 Å². The Morgan fingerprint density at radius 1 is 1.00 bits per heavy atom. The zero-order valence-corrected chi connectivity index (χ0v) is 14.6. The van der Waals surface area contributed by atoms with Crippen LogP contribution < -0.4 is 0 Å². The summed E-state index contributed by atoms with van der Waals surface area (Å²) in [6.45, 7) is 11.7. The second-order valence-electron chi connectivity index (χ2n) is 7.68. The van der Waals surface area contributed by atoms with Gasteiger partial charge in [0.15, 0.2) is 23.9 Å². The minimum atomic E-state index is -0.747. The van der Waals surface area contributed by atoms with Gasteiger partial charge in [-0.3, -0.25) is 0 Å². The quantitative estimate of drug-likeness (QED) is 0.339. The standard InChI is InChI=1S/C16H27NO6/c1-9(2)7-17(18)14-13-12(22-16(5,6)23-13)11(20-14)10-8-19-15(3,4)21-10/h7,9-14H,8H2,1-6H3/t10-,11+,12+,13?,14-/m1/s1. The Labute approximate surface area is 137 Å². The van der Waals surface area contributed by atoms with Crippen LogP contribution in [-0.2, 0) is 23.7 Å². The summed E-state index contributed by atoms with van der Waals surface area (Å²) in [4.78, 5) is 0. The monoisotopic (exact) mass is 329 g/mol. The summed E-state index contributed by atoms with van der Waals surface area (Å²) in [5.74, 6) is -1.28. The Bertz CT molecular complexity index is 489. The number of rotatable bonds is 3. The third kappa shape index (κ3) is 3.39. The largest absolute Gasteiger partial charge is 0.622 e. The van der Waals surface area contributed by atoms with Crippen molar-refractivity contribution in [3.63, 3.8) is 0 Å². The molecule has 7 nitrogen and oxygen atoms in total. The van der Waals surface area contributed by atoms with Gasteiger partial charge in [-0.05, 0) is 27.7 Å². The third-order valence-electron chi connectivity index (χ3n) is 4.16. The maximum Gasteiger partial charge on any atom is 0.297 e. The van der Waals surface area contributed by atoms with Crippen molar-refractivity contribution in [3.05, 3.63) is 5.21 Å². The lowest BCUT2D eigenvalue weighted by molar-refractivity contribution is -0.564. The molecule has 132 valence electrons. The molecule has 0 amide bonds. The fraction of sp³-hybridized carbons (Fsp3) is 0.938. The molecule has 0 aromatic carbocycles. The zero-order chi connectivity index (χ0) is 17.0. The highest BCUT2D eigenvalue weighted by atomic mass is 16.8. The van der Waals surface area contributed by atoms with E-state index < -0.39 is 30.0 Å². The second-order valence-corrected chi connectivity index (χ2v) is 7.68. The van der Waals surface area contributed by atoms with E-state index in [2.05, 4.69) is 0 Å². The van der Waals surface area contributed by atoms with Crippen molar-refractivity contribution in [3.8, 4) is 0 Å². The van der Waals surface area contributed by atoms with Crippen molar-refractivity contribution in [2.75, 3.05) is 6.61 Å². The minimum Gasteiger partial charge on any atom is -0.622 e. The molecule has 0 aromatic rings. The summed E-state index contributed by atoms with van der Waals surface area (Å²) in [5.41, 5.74) is 0. The van der Waals surface area contributed by atoms with Gasteiger partial charge in [0.05, 0.1) is 6.61 Å². The normalized spacial score (nSPS) is 42.4. The van der Waals surface area contributed by atoms with Gasteiger partial charge >= 0.3 is 0 Å². The first-order valence-electron chi connectivity index (χ1n) is 8.21. The van der Waals surface area contributed by atoms with Crippen molar-refractivity contribution in [2.45, 2.75) is 83.8 Å². The molecule has 0 bridgehead atoms. The SMILES string of the molecule is CC(C)C=[N+]([O-])[C@@H]1O[C@@H]([C@H]2COC(C)(C)O2)[C@@H]2OC(C)(C)OC21. The topological polar surface area (TPSA) is 72.2 Å². The molecule has 1 unspecified atom stereocenters. The van der Waals surface area contributed by atoms with Crippen LogP contribution in [0.1, 0.15) is 41.5 Å². The smallest absolute Gasteiger partial charge is 0.297 e. The van der Waals surface area contributed by atoms with Gasteiger partial charge in [0, 0.05) is 5.92 Å². The van der Waals surface area contributed by atoms with E-state index in [0.717, 1.165) is 4.74 Å². The van der Waals surface area contributed by atoms with Crippen molar-refractivity contribution in [1.82, 2.24) is 0 Å². The highest BCUT2D eigenvalue weighted by Crippen LogP contribution is 2.42. The van der Waals surface area contributed by atoms with Crippen molar-refractivity contribution in [2.24, 2.45) is 5.92 Å². The minimum absolute atomic E-state index is 0.119. The fourth-order valence-electron chi connectivity index (χ4n) is 3.37. The molecule has 0 aliphatic carbocycles. The van der Waals surface area contributed by atoms with Gasteiger partial charge in [-0.25, -0.2) is 0 Å². The molecular weight excluding hydrogens is 302 g/mol. The number of fused-ring (bicyclic) bond motifs is 1. The first-order valence-corrected chi connectivity index (χ1v) is 8.21. The average Bonchev–Trinajstić information content (AvgIpc) is 2.98. The average molecular weight is 329 g/mol. The van der Waals surface area contributed by atoms with E-state index in [1.165, 1.54) is 0 Å². The zero-order valence-electron chi connectivity index (χ0n) is 14.6. The van der Waals surface area contributed by atoms with E-state index in [0.29, 0.717) is 6.61 Å². The van der Waals surface area contributed by atoms with Crippen LogP contribution >= 0.6 is 0 Å². The first-order chi connectivity index (χ1) is 10.6. The molecule has 3 heterocycles. The van der Waals surface area contributed by atoms with Gasteiger partial charge in [0.1, 0.15) is 18.3 Å². The second kappa shape index (κ2) is 5.67. The Balaban J connectivity index is 1.82. The maximum absolute atomic E-state index is 12.4. The van der Waals surface area contributed by atoms with Crippen LogP contribution in [0.2, 0.25) is 0 Å². The van der Waals surface area contributed by atoms with E-state index in [4.69, 9.17) is 23.7 Å². The van der Waals surface area contributed by atoms with E-state index in [9.17, 15) is 5.21 Å². The highest BCUT2D eigenvalue weighted by molar-refractivity contribution is 5.53. The van der Waals surface area contributed by atoms with Crippen LogP contribution in [-0.4, -0.2) is 59.8 Å². The summed E-state index contributed by atoms with van der Waals surface area (Å²) < 4.78 is 30.3. The summed E-state index contributed by atoms with van der Waals surface area (Å²) in [7, 11) is 0. The van der Waals surface area contributed by atoms with Crippen LogP contribution in [0.25, 0.3) is 0 Å². The number of hydrogen-bond acceptors (Lipinski definition) is 6. The molecule has 0 spiro atoms. The maximum atomic E-state index is 12.4. The van der Waals surface area contributed by atoms with Crippen LogP contribution in [0.15, 0.2) is 0 Å².